The van der Waals surface area contributed by atoms with Gasteiger partial charge in [0.15, 0.2) is 0 Å². The number of nitrogens with zero attached hydrogens (tertiary/aromatic N) is 2. The summed E-state index contributed by atoms with van der Waals surface area (Å²) in [5.41, 5.74) is 1.61. The molecule has 0 unspecified atom stereocenters. The number of carbonyl (C=O) groups is 1. The summed E-state index contributed by atoms with van der Waals surface area (Å²) in [6.45, 7) is 0.442. The average Bonchev–Trinajstić information content (AvgIpc) is 2.65. The molecule has 1 aliphatic rings. The predicted molar refractivity (Wildman–Crippen MR) is 101 cm³/mol. The summed E-state index contributed by atoms with van der Waals surface area (Å²) in [4.78, 5) is 24.5. The minimum Gasteiger partial charge on any atom is -0.347 e. The Morgan fingerprint density at radius 2 is 1.81 bits per heavy atom. The zero-order chi connectivity index (χ0) is 18.0. The molecule has 26 heavy (non-hydrogen) atoms. The van der Waals surface area contributed by atoms with Crippen molar-refractivity contribution in [1.82, 2.24) is 15.1 Å². The van der Waals surface area contributed by atoms with Gasteiger partial charge in [0, 0.05) is 11.8 Å². The first-order valence-corrected chi connectivity index (χ1v) is 8.99. The van der Waals surface area contributed by atoms with Crippen LogP contribution < -0.4 is 10.7 Å². The molecule has 1 saturated carbocycles. The molecule has 1 fully saturated rings. The van der Waals surface area contributed by atoms with Gasteiger partial charge in [0.25, 0.3) is 0 Å². The van der Waals surface area contributed by atoms with E-state index in [0.29, 0.717) is 18.4 Å². The number of nitrogens with one attached hydrogen (secondary N) is 1. The Labute approximate surface area is 151 Å². The fourth-order valence-corrected chi connectivity index (χ4v) is 3.65. The molecule has 0 bridgehead atoms. The van der Waals surface area contributed by atoms with Gasteiger partial charge in [-0.25, -0.2) is 0 Å². The van der Waals surface area contributed by atoms with Gasteiger partial charge in [-0.2, -0.15) is 5.10 Å². The minimum atomic E-state index is -0.225. The predicted octanol–water partition coefficient (Wildman–Crippen LogP) is 2.98. The van der Waals surface area contributed by atoms with Crippen molar-refractivity contribution < 1.29 is 4.79 Å². The lowest BCUT2D eigenvalue weighted by molar-refractivity contribution is -0.124. The first-order chi connectivity index (χ1) is 12.7. The molecular weight excluding hydrogens is 326 g/mol. The molecule has 0 spiro atoms. The Morgan fingerprint density at radius 1 is 1.08 bits per heavy atom. The maximum absolute atomic E-state index is 12.6. The van der Waals surface area contributed by atoms with Crippen LogP contribution in [0.5, 0.6) is 0 Å². The number of hydrogen-bond donors (Lipinski definition) is 1. The molecule has 0 atom stereocenters. The number of benzene rings is 2. The van der Waals surface area contributed by atoms with E-state index >= 15 is 0 Å². The summed E-state index contributed by atoms with van der Waals surface area (Å²) < 4.78 is 1.73. The van der Waals surface area contributed by atoms with E-state index in [1.54, 1.807) is 10.7 Å². The number of aromatic nitrogens is 2. The molecule has 5 nitrogen and oxygen atoms in total. The van der Waals surface area contributed by atoms with Gasteiger partial charge in [0.2, 0.25) is 11.3 Å². The summed E-state index contributed by atoms with van der Waals surface area (Å²) in [5.74, 6) is 0.0122. The van der Waals surface area contributed by atoms with Gasteiger partial charge >= 0.3 is 0 Å². The highest BCUT2D eigenvalue weighted by molar-refractivity contribution is 5.79. The third-order valence-electron chi connectivity index (χ3n) is 5.22. The highest BCUT2D eigenvalue weighted by Gasteiger charge is 2.39. The normalized spacial score (nSPS) is 15.4. The molecule has 1 heterocycles. The Kier molecular flexibility index (Phi) is 4.29. The van der Waals surface area contributed by atoms with Crippen molar-refractivity contribution in [3.05, 3.63) is 76.6 Å². The third-order valence-corrected chi connectivity index (χ3v) is 5.22. The summed E-state index contributed by atoms with van der Waals surface area (Å²) in [6.07, 6.45) is 4.72. The van der Waals surface area contributed by atoms with Crippen LogP contribution in [0, 0.1) is 0 Å². The van der Waals surface area contributed by atoms with Crippen molar-refractivity contribution in [2.75, 3.05) is 0 Å². The fourth-order valence-electron chi connectivity index (χ4n) is 3.65. The standard InChI is InChI=1S/C21H21N3O2/c25-19-15-22-24(18-10-5-4-9-17(18)19)14-11-20(26)23-21(12-6-13-21)16-7-2-1-3-8-16/h1-5,7-10,15H,6,11-14H2,(H,23,26). The SMILES string of the molecule is O=C(CCn1ncc(=O)c2ccccc21)NC1(c2ccccc2)CCC1. The zero-order valence-corrected chi connectivity index (χ0v) is 14.5. The Hall–Kier alpha value is -2.95. The number of amides is 1. The van der Waals surface area contributed by atoms with Crippen molar-refractivity contribution in [1.29, 1.82) is 0 Å². The molecule has 4 rings (SSSR count). The van der Waals surface area contributed by atoms with E-state index in [0.717, 1.165) is 24.8 Å². The van der Waals surface area contributed by atoms with E-state index in [9.17, 15) is 9.59 Å². The van der Waals surface area contributed by atoms with E-state index in [2.05, 4.69) is 22.5 Å². The van der Waals surface area contributed by atoms with Crippen LogP contribution in [0.3, 0.4) is 0 Å². The summed E-state index contributed by atoms with van der Waals surface area (Å²) >= 11 is 0. The third kappa shape index (κ3) is 3.01. The lowest BCUT2D eigenvalue weighted by atomic mass is 9.71. The second-order valence-electron chi connectivity index (χ2n) is 6.85. The number of carbonyl (C=O) groups excluding carboxylic acids is 1. The Balaban J connectivity index is 1.48. The van der Waals surface area contributed by atoms with Gasteiger partial charge < -0.3 is 5.32 Å². The van der Waals surface area contributed by atoms with Crippen LogP contribution in [0.1, 0.15) is 31.2 Å². The van der Waals surface area contributed by atoms with Crippen LogP contribution in [-0.4, -0.2) is 15.7 Å². The van der Waals surface area contributed by atoms with E-state index < -0.39 is 0 Å². The molecule has 1 aromatic heterocycles. The molecule has 0 radical (unpaired) electrons. The highest BCUT2D eigenvalue weighted by atomic mass is 16.1. The van der Waals surface area contributed by atoms with Gasteiger partial charge in [0.1, 0.15) is 0 Å². The zero-order valence-electron chi connectivity index (χ0n) is 14.5. The lowest BCUT2D eigenvalue weighted by Gasteiger charge is -2.43. The van der Waals surface area contributed by atoms with E-state index in [1.165, 1.54) is 11.8 Å². The number of hydrogen-bond acceptors (Lipinski definition) is 3. The topological polar surface area (TPSA) is 64.0 Å². The first-order valence-electron chi connectivity index (χ1n) is 8.99. The van der Waals surface area contributed by atoms with Crippen LogP contribution in [0.4, 0.5) is 0 Å². The van der Waals surface area contributed by atoms with Crippen molar-refractivity contribution in [3.8, 4) is 0 Å². The van der Waals surface area contributed by atoms with Crippen LogP contribution in [0.2, 0.25) is 0 Å². The second-order valence-corrected chi connectivity index (χ2v) is 6.85. The van der Waals surface area contributed by atoms with Gasteiger partial charge in [-0.3, -0.25) is 14.3 Å². The van der Waals surface area contributed by atoms with Crippen LogP contribution in [-0.2, 0) is 16.9 Å². The van der Waals surface area contributed by atoms with Crippen LogP contribution in [0.15, 0.2) is 65.6 Å². The highest BCUT2D eigenvalue weighted by Crippen LogP contribution is 2.41. The van der Waals surface area contributed by atoms with E-state index in [-0.39, 0.29) is 16.9 Å². The molecule has 3 aromatic rings. The largest absolute Gasteiger partial charge is 0.347 e. The van der Waals surface area contributed by atoms with Gasteiger partial charge in [-0.15, -0.1) is 0 Å². The van der Waals surface area contributed by atoms with E-state index in [4.69, 9.17) is 0 Å². The lowest BCUT2D eigenvalue weighted by Crippen LogP contribution is -2.50. The van der Waals surface area contributed by atoms with Crippen molar-refractivity contribution >= 4 is 16.8 Å². The maximum Gasteiger partial charge on any atom is 0.222 e. The number of fused-ring (bicyclic) bond motifs is 1. The molecule has 0 saturated heterocycles. The monoisotopic (exact) mass is 347 g/mol. The smallest absolute Gasteiger partial charge is 0.222 e. The molecule has 1 amide bonds. The summed E-state index contributed by atoms with van der Waals surface area (Å²) in [6, 6.07) is 17.5. The number of rotatable bonds is 5. The molecular formula is C21H21N3O2. The van der Waals surface area contributed by atoms with Crippen LogP contribution in [0.25, 0.3) is 10.9 Å². The Bertz CT molecular complexity index is 991. The summed E-state index contributed by atoms with van der Waals surface area (Å²) in [5, 5.41) is 8.05. The average molecular weight is 347 g/mol. The molecule has 1 N–H and O–H groups in total. The minimum absolute atomic E-state index is 0.0122. The van der Waals surface area contributed by atoms with Crippen LogP contribution >= 0.6 is 0 Å². The maximum atomic E-state index is 12.6. The van der Waals surface area contributed by atoms with Crippen molar-refractivity contribution in [2.24, 2.45) is 0 Å². The van der Waals surface area contributed by atoms with Gasteiger partial charge in [0.05, 0.1) is 23.8 Å². The number of para-hydroxylation sites is 1. The van der Waals surface area contributed by atoms with Crippen molar-refractivity contribution in [2.45, 2.75) is 37.8 Å². The molecule has 0 aliphatic heterocycles. The fraction of sp³-hybridized carbons (Fsp3) is 0.286. The van der Waals surface area contributed by atoms with Crippen molar-refractivity contribution in [3.63, 3.8) is 0 Å². The molecule has 132 valence electrons. The molecule has 2 aromatic carbocycles. The van der Waals surface area contributed by atoms with E-state index in [1.807, 2.05) is 36.4 Å². The summed E-state index contributed by atoms with van der Waals surface area (Å²) in [7, 11) is 0. The Morgan fingerprint density at radius 3 is 2.54 bits per heavy atom. The molecule has 1 aliphatic carbocycles. The molecule has 5 heteroatoms. The quantitative estimate of drug-likeness (QED) is 0.772. The second kappa shape index (κ2) is 6.75. The number of aryl methyl sites for hydroxylation is 1. The van der Waals surface area contributed by atoms with Gasteiger partial charge in [-0.05, 0) is 37.0 Å². The van der Waals surface area contributed by atoms with Gasteiger partial charge in [-0.1, -0.05) is 42.5 Å². The first kappa shape index (κ1) is 16.5.